The van der Waals surface area contributed by atoms with Crippen LogP contribution in [0, 0.1) is 11.6 Å². The average molecular weight is 253 g/mol. The molecule has 2 aromatic carbocycles. The van der Waals surface area contributed by atoms with E-state index in [2.05, 4.69) is 0 Å². The molecule has 0 aliphatic carbocycles. The van der Waals surface area contributed by atoms with Gasteiger partial charge in [0, 0.05) is 16.1 Å². The Balaban J connectivity index is 2.70. The zero-order valence-corrected chi connectivity index (χ0v) is 9.34. The molecule has 86 valence electrons. The molecule has 0 saturated carbocycles. The number of carbonyl (C=O) groups excluding carboxylic acids is 1. The van der Waals surface area contributed by atoms with Crippen molar-refractivity contribution in [1.29, 1.82) is 0 Å². The Morgan fingerprint density at radius 1 is 0.941 bits per heavy atom. The van der Waals surface area contributed by atoms with Gasteiger partial charge in [0.15, 0.2) is 6.29 Å². The second-order valence-corrected chi connectivity index (χ2v) is 3.88. The van der Waals surface area contributed by atoms with Crippen molar-refractivity contribution in [3.05, 3.63) is 58.6 Å². The predicted molar refractivity (Wildman–Crippen MR) is 62.2 cm³/mol. The second-order valence-electron chi connectivity index (χ2n) is 3.47. The molecule has 2 aromatic rings. The quantitative estimate of drug-likeness (QED) is 0.736. The largest absolute Gasteiger partial charge is 0.298 e. The van der Waals surface area contributed by atoms with Gasteiger partial charge in [0.05, 0.1) is 0 Å². The number of hydrogen-bond acceptors (Lipinski definition) is 1. The zero-order chi connectivity index (χ0) is 12.4. The summed E-state index contributed by atoms with van der Waals surface area (Å²) in [6.07, 6.45) is 0.579. The molecule has 4 heteroatoms. The van der Waals surface area contributed by atoms with Gasteiger partial charge in [-0.3, -0.25) is 4.79 Å². The van der Waals surface area contributed by atoms with Crippen molar-refractivity contribution in [3.8, 4) is 11.1 Å². The van der Waals surface area contributed by atoms with E-state index in [9.17, 15) is 13.6 Å². The van der Waals surface area contributed by atoms with Crippen LogP contribution < -0.4 is 0 Å². The standard InChI is InChI=1S/C13H7ClF2O/c14-13-4-3-10(16)6-12(13)11-5-9(15)2-1-8(11)7-17/h1-7H. The molecule has 0 radical (unpaired) electrons. The minimum atomic E-state index is -0.508. The number of rotatable bonds is 2. The SMILES string of the molecule is O=Cc1ccc(F)cc1-c1cc(F)ccc1Cl. The van der Waals surface area contributed by atoms with E-state index in [-0.39, 0.29) is 16.1 Å². The number of benzene rings is 2. The maximum absolute atomic E-state index is 13.1. The summed E-state index contributed by atoms with van der Waals surface area (Å²) in [4.78, 5) is 10.8. The highest BCUT2D eigenvalue weighted by molar-refractivity contribution is 6.33. The van der Waals surface area contributed by atoms with E-state index >= 15 is 0 Å². The molecule has 0 fully saturated rings. The van der Waals surface area contributed by atoms with E-state index in [1.807, 2.05) is 0 Å². The lowest BCUT2D eigenvalue weighted by molar-refractivity contribution is 0.112. The van der Waals surface area contributed by atoms with Crippen LogP contribution in [0.2, 0.25) is 5.02 Å². The number of aldehydes is 1. The molecular weight excluding hydrogens is 246 g/mol. The summed E-state index contributed by atoms with van der Waals surface area (Å²) in [6.45, 7) is 0. The third-order valence-electron chi connectivity index (χ3n) is 2.36. The Labute approximate surface area is 102 Å². The van der Waals surface area contributed by atoms with Gasteiger partial charge < -0.3 is 0 Å². The molecule has 0 spiro atoms. The van der Waals surface area contributed by atoms with E-state index < -0.39 is 11.6 Å². The van der Waals surface area contributed by atoms with Crippen LogP contribution in [0.3, 0.4) is 0 Å². The van der Waals surface area contributed by atoms with Crippen LogP contribution in [0.4, 0.5) is 8.78 Å². The van der Waals surface area contributed by atoms with E-state index in [0.717, 1.165) is 6.07 Å². The molecule has 0 N–H and O–H groups in total. The first kappa shape index (κ1) is 11.7. The molecule has 0 bridgehead atoms. The Hall–Kier alpha value is -1.74. The first-order chi connectivity index (χ1) is 8.11. The van der Waals surface area contributed by atoms with Gasteiger partial charge in [-0.05, 0) is 42.0 Å². The van der Waals surface area contributed by atoms with Gasteiger partial charge in [0.2, 0.25) is 0 Å². The van der Waals surface area contributed by atoms with Crippen molar-refractivity contribution < 1.29 is 13.6 Å². The van der Waals surface area contributed by atoms with Crippen LogP contribution in [0.1, 0.15) is 10.4 Å². The van der Waals surface area contributed by atoms with Crippen molar-refractivity contribution in [2.45, 2.75) is 0 Å². The van der Waals surface area contributed by atoms with E-state index in [1.165, 1.54) is 30.3 Å². The number of carbonyl (C=O) groups is 1. The summed E-state index contributed by atoms with van der Waals surface area (Å²) in [5, 5.41) is 0.264. The summed E-state index contributed by atoms with van der Waals surface area (Å²) >= 11 is 5.91. The molecule has 17 heavy (non-hydrogen) atoms. The lowest BCUT2D eigenvalue weighted by Crippen LogP contribution is -1.91. The summed E-state index contributed by atoms with van der Waals surface area (Å²) in [5.74, 6) is -1.00. The van der Waals surface area contributed by atoms with E-state index in [1.54, 1.807) is 0 Å². The van der Waals surface area contributed by atoms with Crippen LogP contribution >= 0.6 is 11.6 Å². The van der Waals surface area contributed by atoms with Crippen LogP contribution in [0.15, 0.2) is 36.4 Å². The fraction of sp³-hybridized carbons (Fsp3) is 0. The molecule has 0 unspecified atom stereocenters. The Bertz CT molecular complexity index is 582. The maximum atomic E-state index is 13.1. The van der Waals surface area contributed by atoms with Crippen LogP contribution in [-0.2, 0) is 0 Å². The monoisotopic (exact) mass is 252 g/mol. The minimum Gasteiger partial charge on any atom is -0.298 e. The van der Waals surface area contributed by atoms with Gasteiger partial charge in [-0.15, -0.1) is 0 Å². The molecular formula is C13H7ClF2O. The highest BCUT2D eigenvalue weighted by Crippen LogP contribution is 2.31. The summed E-state index contributed by atoms with van der Waals surface area (Å²) in [6, 6.07) is 7.39. The smallest absolute Gasteiger partial charge is 0.150 e. The van der Waals surface area contributed by atoms with Crippen molar-refractivity contribution >= 4 is 17.9 Å². The molecule has 0 heterocycles. The minimum absolute atomic E-state index is 0.263. The van der Waals surface area contributed by atoms with E-state index in [0.29, 0.717) is 11.8 Å². The average Bonchev–Trinajstić information content (AvgIpc) is 2.32. The lowest BCUT2D eigenvalue weighted by Gasteiger charge is -2.07. The first-order valence-electron chi connectivity index (χ1n) is 4.82. The molecule has 0 aliphatic rings. The van der Waals surface area contributed by atoms with Gasteiger partial charge in [0.1, 0.15) is 11.6 Å². The van der Waals surface area contributed by atoms with Crippen molar-refractivity contribution in [3.63, 3.8) is 0 Å². The van der Waals surface area contributed by atoms with Crippen molar-refractivity contribution in [2.75, 3.05) is 0 Å². The third-order valence-corrected chi connectivity index (χ3v) is 2.69. The molecule has 0 aromatic heterocycles. The van der Waals surface area contributed by atoms with Gasteiger partial charge in [0.25, 0.3) is 0 Å². The Kier molecular flexibility index (Phi) is 3.20. The Morgan fingerprint density at radius 3 is 2.18 bits per heavy atom. The first-order valence-corrected chi connectivity index (χ1v) is 5.20. The fourth-order valence-corrected chi connectivity index (χ4v) is 1.79. The lowest BCUT2D eigenvalue weighted by atomic mass is 10.00. The van der Waals surface area contributed by atoms with Gasteiger partial charge in [-0.1, -0.05) is 11.6 Å². The maximum Gasteiger partial charge on any atom is 0.150 e. The van der Waals surface area contributed by atoms with Gasteiger partial charge >= 0.3 is 0 Å². The number of halogens is 3. The summed E-state index contributed by atoms with van der Waals surface area (Å²) < 4.78 is 26.3. The zero-order valence-electron chi connectivity index (χ0n) is 8.58. The van der Waals surface area contributed by atoms with Crippen LogP contribution in [-0.4, -0.2) is 6.29 Å². The highest BCUT2D eigenvalue weighted by atomic mass is 35.5. The normalized spacial score (nSPS) is 10.3. The van der Waals surface area contributed by atoms with Gasteiger partial charge in [-0.25, -0.2) is 8.78 Å². The molecule has 1 nitrogen and oxygen atoms in total. The predicted octanol–water partition coefficient (Wildman–Crippen LogP) is 4.10. The van der Waals surface area contributed by atoms with E-state index in [4.69, 9.17) is 11.6 Å². The molecule has 0 amide bonds. The molecule has 2 rings (SSSR count). The highest BCUT2D eigenvalue weighted by Gasteiger charge is 2.10. The number of hydrogen-bond donors (Lipinski definition) is 0. The van der Waals surface area contributed by atoms with Crippen LogP contribution in [0.5, 0.6) is 0 Å². The second kappa shape index (κ2) is 4.63. The molecule has 0 aliphatic heterocycles. The molecule has 0 saturated heterocycles. The molecule has 0 atom stereocenters. The third kappa shape index (κ3) is 2.34. The topological polar surface area (TPSA) is 17.1 Å². The van der Waals surface area contributed by atoms with Crippen LogP contribution in [0.25, 0.3) is 11.1 Å². The van der Waals surface area contributed by atoms with Crippen molar-refractivity contribution in [1.82, 2.24) is 0 Å². The van der Waals surface area contributed by atoms with Gasteiger partial charge in [-0.2, -0.15) is 0 Å². The summed E-state index contributed by atoms with van der Waals surface area (Å²) in [7, 11) is 0. The van der Waals surface area contributed by atoms with Crippen molar-refractivity contribution in [2.24, 2.45) is 0 Å². The Morgan fingerprint density at radius 2 is 1.53 bits per heavy atom. The fourth-order valence-electron chi connectivity index (χ4n) is 1.57. The summed E-state index contributed by atoms with van der Waals surface area (Å²) in [5.41, 5.74) is 0.844.